The summed E-state index contributed by atoms with van der Waals surface area (Å²) in [5.74, 6) is -0.00833. The molecule has 8 nitrogen and oxygen atoms in total. The van der Waals surface area contributed by atoms with Crippen molar-refractivity contribution in [2.45, 2.75) is 17.4 Å². The fourth-order valence-electron chi connectivity index (χ4n) is 2.32. The number of carbonyl (C=O) groups excluding carboxylic acids is 1. The Kier molecular flexibility index (Phi) is 4.98. The van der Waals surface area contributed by atoms with Crippen molar-refractivity contribution in [1.29, 1.82) is 0 Å². The van der Waals surface area contributed by atoms with Crippen LogP contribution in [0, 0.1) is 0 Å². The number of amides is 1. The highest BCUT2D eigenvalue weighted by Gasteiger charge is 2.18. The maximum atomic E-state index is 12.3. The summed E-state index contributed by atoms with van der Waals surface area (Å²) in [5.41, 5.74) is 0.820. The molecule has 1 saturated heterocycles. The number of nitrogens with zero attached hydrogens (tertiary/aromatic N) is 1. The molecule has 2 heterocycles. The first kappa shape index (κ1) is 17.3. The molecule has 1 amide bonds. The number of aromatic nitrogens is 1. The van der Waals surface area contributed by atoms with Gasteiger partial charge in [0, 0.05) is 29.9 Å². The molecule has 3 N–H and O–H groups in total. The van der Waals surface area contributed by atoms with Crippen LogP contribution in [0.5, 0.6) is 5.88 Å². The number of carbonyl (C=O) groups is 1. The third-order valence-electron chi connectivity index (χ3n) is 3.61. The number of nitrogens with two attached hydrogens (primary N) is 1. The Bertz CT molecular complexity index is 862. The van der Waals surface area contributed by atoms with Crippen molar-refractivity contribution < 1.29 is 22.7 Å². The van der Waals surface area contributed by atoms with E-state index in [4.69, 9.17) is 14.6 Å². The summed E-state index contributed by atoms with van der Waals surface area (Å²) in [6, 6.07) is 8.69. The Morgan fingerprint density at radius 2 is 2.04 bits per heavy atom. The highest BCUT2D eigenvalue weighted by atomic mass is 32.2. The van der Waals surface area contributed by atoms with E-state index in [2.05, 4.69) is 10.3 Å². The lowest BCUT2D eigenvalue weighted by Crippen LogP contribution is -2.17. The molecule has 1 aliphatic rings. The second-order valence-corrected chi connectivity index (χ2v) is 7.07. The van der Waals surface area contributed by atoms with Gasteiger partial charge in [0.05, 0.1) is 18.1 Å². The number of pyridine rings is 1. The molecule has 132 valence electrons. The number of hydrogen-bond donors (Lipinski definition) is 2. The molecule has 0 bridgehead atoms. The van der Waals surface area contributed by atoms with Crippen molar-refractivity contribution in [2.75, 3.05) is 18.5 Å². The molecule has 0 saturated carbocycles. The Morgan fingerprint density at radius 3 is 2.68 bits per heavy atom. The molecule has 1 aromatic heterocycles. The van der Waals surface area contributed by atoms with Gasteiger partial charge < -0.3 is 14.8 Å². The molecule has 1 atom stereocenters. The maximum Gasteiger partial charge on any atom is 0.255 e. The maximum absolute atomic E-state index is 12.3. The van der Waals surface area contributed by atoms with Gasteiger partial charge in [0.1, 0.15) is 6.10 Å². The molecule has 2 aromatic rings. The average molecular weight is 363 g/mol. The van der Waals surface area contributed by atoms with E-state index in [1.807, 2.05) is 0 Å². The van der Waals surface area contributed by atoms with Crippen molar-refractivity contribution in [2.24, 2.45) is 5.14 Å². The summed E-state index contributed by atoms with van der Waals surface area (Å²) in [7, 11) is -3.77. The van der Waals surface area contributed by atoms with Crippen LogP contribution in [0.1, 0.15) is 16.8 Å². The average Bonchev–Trinajstić information content (AvgIpc) is 3.08. The highest BCUT2D eigenvalue weighted by molar-refractivity contribution is 7.89. The van der Waals surface area contributed by atoms with Crippen molar-refractivity contribution in [1.82, 2.24) is 4.98 Å². The second kappa shape index (κ2) is 7.18. The summed E-state index contributed by atoms with van der Waals surface area (Å²) < 4.78 is 33.4. The SMILES string of the molecule is NS(=O)(=O)c1ccc(NC(=O)c2ccnc(O[C@H]3CCOC3)c2)cc1. The van der Waals surface area contributed by atoms with Gasteiger partial charge in [-0.3, -0.25) is 4.79 Å². The summed E-state index contributed by atoms with van der Waals surface area (Å²) >= 11 is 0. The largest absolute Gasteiger partial charge is 0.472 e. The van der Waals surface area contributed by atoms with Crippen LogP contribution in [0.15, 0.2) is 47.5 Å². The summed E-state index contributed by atoms with van der Waals surface area (Å²) in [5, 5.41) is 7.71. The van der Waals surface area contributed by atoms with Crippen LogP contribution >= 0.6 is 0 Å². The van der Waals surface area contributed by atoms with Gasteiger partial charge >= 0.3 is 0 Å². The molecular weight excluding hydrogens is 346 g/mol. The summed E-state index contributed by atoms with van der Waals surface area (Å²) in [4.78, 5) is 16.4. The molecule has 25 heavy (non-hydrogen) atoms. The normalized spacial score (nSPS) is 17.2. The van der Waals surface area contributed by atoms with Crippen molar-refractivity contribution >= 4 is 21.6 Å². The van der Waals surface area contributed by atoms with Crippen LogP contribution in [0.4, 0.5) is 5.69 Å². The lowest BCUT2D eigenvalue weighted by atomic mass is 10.2. The van der Waals surface area contributed by atoms with Gasteiger partial charge in [0.25, 0.3) is 5.91 Å². The molecule has 9 heteroatoms. The van der Waals surface area contributed by atoms with E-state index >= 15 is 0 Å². The van der Waals surface area contributed by atoms with Crippen LogP contribution in [0.3, 0.4) is 0 Å². The van der Waals surface area contributed by atoms with Crippen LogP contribution in [0.2, 0.25) is 0 Å². The Morgan fingerprint density at radius 1 is 1.28 bits per heavy atom. The molecule has 0 unspecified atom stereocenters. The number of rotatable bonds is 5. The van der Waals surface area contributed by atoms with Crippen LogP contribution in [0.25, 0.3) is 0 Å². The minimum absolute atomic E-state index is 0.0242. The number of anilines is 1. The third-order valence-corrected chi connectivity index (χ3v) is 4.54. The molecule has 0 radical (unpaired) electrons. The van der Waals surface area contributed by atoms with Crippen LogP contribution in [-0.2, 0) is 14.8 Å². The first-order valence-electron chi connectivity index (χ1n) is 7.56. The van der Waals surface area contributed by atoms with Crippen LogP contribution < -0.4 is 15.2 Å². The predicted octanol–water partition coefficient (Wildman–Crippen LogP) is 1.15. The van der Waals surface area contributed by atoms with E-state index in [0.29, 0.717) is 30.3 Å². The lowest BCUT2D eigenvalue weighted by Gasteiger charge is -2.11. The smallest absolute Gasteiger partial charge is 0.255 e. The van der Waals surface area contributed by atoms with E-state index in [-0.39, 0.29) is 16.9 Å². The molecular formula is C16H17N3O5S. The molecule has 0 spiro atoms. The molecule has 0 aliphatic carbocycles. The van der Waals surface area contributed by atoms with Gasteiger partial charge in [-0.1, -0.05) is 0 Å². The molecule has 1 aliphatic heterocycles. The van der Waals surface area contributed by atoms with Gasteiger partial charge in [-0.25, -0.2) is 18.5 Å². The Hall–Kier alpha value is -2.49. The van der Waals surface area contributed by atoms with Gasteiger partial charge in [-0.15, -0.1) is 0 Å². The van der Waals surface area contributed by atoms with Gasteiger partial charge in [0.15, 0.2) is 0 Å². The number of primary sulfonamides is 1. The van der Waals surface area contributed by atoms with Gasteiger partial charge in [-0.05, 0) is 30.3 Å². The standard InChI is InChI=1S/C16H17N3O5S/c17-25(21,22)14-3-1-12(2-4-14)19-16(20)11-5-7-18-15(9-11)24-13-6-8-23-10-13/h1-5,7,9,13H,6,8,10H2,(H,19,20)(H2,17,21,22)/t13-/m0/s1. The first-order chi connectivity index (χ1) is 11.9. The summed E-state index contributed by atoms with van der Waals surface area (Å²) in [6.07, 6.45) is 2.22. The van der Waals surface area contributed by atoms with E-state index in [0.717, 1.165) is 6.42 Å². The van der Waals surface area contributed by atoms with Crippen molar-refractivity contribution in [3.05, 3.63) is 48.2 Å². The fourth-order valence-corrected chi connectivity index (χ4v) is 2.84. The van der Waals surface area contributed by atoms with Crippen molar-refractivity contribution in [3.8, 4) is 5.88 Å². The zero-order chi connectivity index (χ0) is 17.9. The molecule has 1 fully saturated rings. The van der Waals surface area contributed by atoms with Gasteiger partial charge in [0.2, 0.25) is 15.9 Å². The first-order valence-corrected chi connectivity index (χ1v) is 9.11. The number of hydrogen-bond acceptors (Lipinski definition) is 6. The Labute approximate surface area is 145 Å². The monoisotopic (exact) mass is 363 g/mol. The topological polar surface area (TPSA) is 121 Å². The van der Waals surface area contributed by atoms with E-state index in [9.17, 15) is 13.2 Å². The third kappa shape index (κ3) is 4.53. The number of benzene rings is 1. The number of ether oxygens (including phenoxy) is 2. The van der Waals surface area contributed by atoms with Gasteiger partial charge in [-0.2, -0.15) is 0 Å². The van der Waals surface area contributed by atoms with Crippen molar-refractivity contribution in [3.63, 3.8) is 0 Å². The van der Waals surface area contributed by atoms with E-state index < -0.39 is 10.0 Å². The van der Waals surface area contributed by atoms with E-state index in [1.54, 1.807) is 12.1 Å². The number of nitrogens with one attached hydrogen (secondary N) is 1. The second-order valence-electron chi connectivity index (χ2n) is 5.51. The van der Waals surface area contributed by atoms with E-state index in [1.165, 1.54) is 30.5 Å². The zero-order valence-corrected chi connectivity index (χ0v) is 14.0. The molecule has 1 aromatic carbocycles. The minimum Gasteiger partial charge on any atom is -0.472 e. The minimum atomic E-state index is -3.77. The predicted molar refractivity (Wildman–Crippen MR) is 89.9 cm³/mol. The Balaban J connectivity index is 1.68. The number of sulfonamides is 1. The summed E-state index contributed by atoms with van der Waals surface area (Å²) in [6.45, 7) is 1.16. The highest BCUT2D eigenvalue weighted by Crippen LogP contribution is 2.18. The van der Waals surface area contributed by atoms with Crippen LogP contribution in [-0.4, -0.2) is 38.6 Å². The molecule has 3 rings (SSSR count). The lowest BCUT2D eigenvalue weighted by molar-refractivity contribution is 0.102. The fraction of sp³-hybridized carbons (Fsp3) is 0.250. The quantitative estimate of drug-likeness (QED) is 0.822. The zero-order valence-electron chi connectivity index (χ0n) is 13.2.